The largest absolute Gasteiger partial charge is 1.00 e. The molecule has 21 heavy (non-hydrogen) atoms. The third-order valence-corrected chi connectivity index (χ3v) is 2.87. The van der Waals surface area contributed by atoms with Crippen LogP contribution >= 0.6 is 0 Å². The lowest BCUT2D eigenvalue weighted by atomic mass is 10.3. The fourth-order valence-electron chi connectivity index (χ4n) is 1.89. The van der Waals surface area contributed by atoms with Gasteiger partial charge in [-0.25, -0.2) is 9.88 Å². The molecule has 2 rings (SSSR count). The highest BCUT2D eigenvalue weighted by Gasteiger charge is 2.15. The lowest BCUT2D eigenvalue weighted by molar-refractivity contribution is -0.682. The lowest BCUT2D eigenvalue weighted by Crippen LogP contribution is -3.00. The number of hydrogen-bond acceptors (Lipinski definition) is 4. The average molecular weight is 401 g/mol. The summed E-state index contributed by atoms with van der Waals surface area (Å²) in [6.07, 6.45) is 3.51. The summed E-state index contributed by atoms with van der Waals surface area (Å²) in [5, 5.41) is 3.24. The van der Waals surface area contributed by atoms with Crippen LogP contribution in [0.2, 0.25) is 0 Å². The smallest absolute Gasteiger partial charge is 0.394 e. The van der Waals surface area contributed by atoms with Crippen LogP contribution in [0.15, 0.2) is 42.7 Å². The molecule has 0 aliphatic rings. The maximum Gasteiger partial charge on any atom is 0.394 e. The predicted octanol–water partition coefficient (Wildman–Crippen LogP) is -0.761. The molecule has 6 heteroatoms. The van der Waals surface area contributed by atoms with Crippen molar-refractivity contribution in [1.29, 1.82) is 0 Å². The van der Waals surface area contributed by atoms with Crippen LogP contribution in [-0.2, 0) is 6.54 Å². The predicted molar refractivity (Wildman–Crippen MR) is 76.8 cm³/mol. The Bertz CT molecular complexity index is 517. The van der Waals surface area contributed by atoms with Crippen molar-refractivity contribution in [3.05, 3.63) is 42.7 Å². The van der Waals surface area contributed by atoms with Crippen molar-refractivity contribution < 1.29 is 38.0 Å². The Balaban J connectivity index is 0.00000220. The van der Waals surface area contributed by atoms with Gasteiger partial charge in [-0.1, -0.05) is 17.1 Å². The third-order valence-electron chi connectivity index (χ3n) is 2.87. The zero-order valence-electron chi connectivity index (χ0n) is 12.4. The van der Waals surface area contributed by atoms with Gasteiger partial charge in [-0.05, 0) is 19.1 Å². The second-order valence-electron chi connectivity index (χ2n) is 4.28. The minimum absolute atomic E-state index is 0. The molecule has 0 aliphatic heterocycles. The molecule has 1 N–H and O–H groups in total. The minimum atomic E-state index is -0.223. The average Bonchev–Trinajstić information content (AvgIpc) is 2.48. The van der Waals surface area contributed by atoms with Gasteiger partial charge in [-0.15, -0.1) is 0 Å². The number of para-hydroxylation sites is 2. The SMILES string of the molecule is CC[n+]1cccnc1NC(C)Oc1ccccc1OC.[I-]. The Labute approximate surface area is 142 Å². The standard InChI is InChI=1S/C15H19N3O2.HI/c1-4-18-11-7-10-16-15(18)17-12(2)20-14-9-6-5-8-13(14)19-3;/h5-12H,4H2,1-3H3;1H. The van der Waals surface area contributed by atoms with Gasteiger partial charge in [0.2, 0.25) is 6.23 Å². The Morgan fingerprint density at radius 1 is 1.24 bits per heavy atom. The van der Waals surface area contributed by atoms with E-state index in [1.807, 2.05) is 48.0 Å². The molecule has 1 aromatic carbocycles. The molecule has 2 aromatic rings. The van der Waals surface area contributed by atoms with Crippen molar-refractivity contribution in [2.24, 2.45) is 0 Å². The van der Waals surface area contributed by atoms with Gasteiger partial charge in [0.05, 0.1) is 19.9 Å². The first-order chi connectivity index (χ1) is 9.74. The summed E-state index contributed by atoms with van der Waals surface area (Å²) >= 11 is 0. The van der Waals surface area contributed by atoms with Crippen molar-refractivity contribution >= 4 is 5.95 Å². The van der Waals surface area contributed by atoms with E-state index in [2.05, 4.69) is 17.2 Å². The topological polar surface area (TPSA) is 47.3 Å². The zero-order chi connectivity index (χ0) is 14.4. The number of rotatable bonds is 6. The fraction of sp³-hybridized carbons (Fsp3) is 0.333. The van der Waals surface area contributed by atoms with E-state index in [9.17, 15) is 0 Å². The molecule has 0 spiro atoms. The quantitative estimate of drug-likeness (QED) is 0.393. The van der Waals surface area contributed by atoms with E-state index in [-0.39, 0.29) is 30.2 Å². The Hall–Kier alpha value is -1.57. The van der Waals surface area contributed by atoms with Crippen molar-refractivity contribution in [1.82, 2.24) is 4.98 Å². The second-order valence-corrected chi connectivity index (χ2v) is 4.28. The van der Waals surface area contributed by atoms with Crippen LogP contribution in [-0.4, -0.2) is 18.3 Å². The molecular weight excluding hydrogens is 381 g/mol. The van der Waals surface area contributed by atoms with E-state index in [1.54, 1.807) is 13.3 Å². The van der Waals surface area contributed by atoms with Gasteiger partial charge in [0.25, 0.3) is 0 Å². The maximum absolute atomic E-state index is 5.85. The third kappa shape index (κ3) is 4.73. The Morgan fingerprint density at radius 2 is 1.95 bits per heavy atom. The van der Waals surface area contributed by atoms with Crippen LogP contribution in [0.25, 0.3) is 0 Å². The lowest BCUT2D eigenvalue weighted by Gasteiger charge is -2.15. The summed E-state index contributed by atoms with van der Waals surface area (Å²) in [5.41, 5.74) is 0. The molecule has 1 heterocycles. The van der Waals surface area contributed by atoms with Crippen molar-refractivity contribution in [3.8, 4) is 11.5 Å². The second kappa shape index (κ2) is 8.66. The summed E-state index contributed by atoms with van der Waals surface area (Å²) in [7, 11) is 1.63. The highest BCUT2D eigenvalue weighted by Crippen LogP contribution is 2.26. The van der Waals surface area contributed by atoms with Crippen molar-refractivity contribution in [2.45, 2.75) is 26.6 Å². The van der Waals surface area contributed by atoms with Crippen molar-refractivity contribution in [2.75, 3.05) is 12.4 Å². The fourth-order valence-corrected chi connectivity index (χ4v) is 1.89. The molecule has 5 nitrogen and oxygen atoms in total. The first-order valence-corrected chi connectivity index (χ1v) is 6.65. The first-order valence-electron chi connectivity index (χ1n) is 6.65. The molecule has 0 aliphatic carbocycles. The normalized spacial score (nSPS) is 11.2. The van der Waals surface area contributed by atoms with E-state index in [0.29, 0.717) is 11.5 Å². The van der Waals surface area contributed by atoms with Gasteiger partial charge in [-0.3, -0.25) is 0 Å². The van der Waals surface area contributed by atoms with Gasteiger partial charge in [-0.2, -0.15) is 0 Å². The highest BCUT2D eigenvalue weighted by molar-refractivity contribution is 5.39. The molecule has 0 saturated carbocycles. The summed E-state index contributed by atoms with van der Waals surface area (Å²) in [4.78, 5) is 4.31. The van der Waals surface area contributed by atoms with Gasteiger partial charge < -0.3 is 33.5 Å². The number of aromatic nitrogens is 2. The number of nitrogens with zero attached hydrogens (tertiary/aromatic N) is 2. The summed E-state index contributed by atoms with van der Waals surface area (Å²) < 4.78 is 13.1. The highest BCUT2D eigenvalue weighted by atomic mass is 127. The van der Waals surface area contributed by atoms with Crippen LogP contribution in [0.1, 0.15) is 13.8 Å². The number of aryl methyl sites for hydroxylation is 1. The number of benzene rings is 1. The molecule has 1 aromatic heterocycles. The number of ether oxygens (including phenoxy) is 2. The van der Waals surface area contributed by atoms with Crippen LogP contribution in [0.5, 0.6) is 11.5 Å². The molecule has 1 unspecified atom stereocenters. The summed E-state index contributed by atoms with van der Waals surface area (Å²) in [6.45, 7) is 4.84. The van der Waals surface area contributed by atoms with Crippen LogP contribution < -0.4 is 43.3 Å². The molecular formula is C15H20IN3O2. The first kappa shape index (κ1) is 17.5. The maximum atomic E-state index is 5.85. The summed E-state index contributed by atoms with van der Waals surface area (Å²) in [5.74, 6) is 2.19. The molecule has 0 radical (unpaired) electrons. The summed E-state index contributed by atoms with van der Waals surface area (Å²) in [6, 6.07) is 9.48. The molecule has 1 atom stereocenters. The van der Waals surface area contributed by atoms with E-state index in [0.717, 1.165) is 12.5 Å². The minimum Gasteiger partial charge on any atom is -1.00 e. The molecule has 114 valence electrons. The van der Waals surface area contributed by atoms with E-state index in [1.165, 1.54) is 0 Å². The van der Waals surface area contributed by atoms with E-state index in [4.69, 9.17) is 9.47 Å². The van der Waals surface area contributed by atoms with Gasteiger partial charge >= 0.3 is 5.95 Å². The molecule has 0 bridgehead atoms. The van der Waals surface area contributed by atoms with Crippen molar-refractivity contribution in [3.63, 3.8) is 0 Å². The number of anilines is 1. The van der Waals surface area contributed by atoms with Crippen LogP contribution in [0.4, 0.5) is 5.95 Å². The van der Waals surface area contributed by atoms with Crippen LogP contribution in [0.3, 0.4) is 0 Å². The molecule has 0 fully saturated rings. The van der Waals surface area contributed by atoms with Crippen LogP contribution in [0, 0.1) is 0 Å². The molecule has 0 saturated heterocycles. The van der Waals surface area contributed by atoms with Gasteiger partial charge in [0, 0.05) is 13.0 Å². The van der Waals surface area contributed by atoms with Gasteiger partial charge in [0.15, 0.2) is 11.5 Å². The Kier molecular flexibility index (Phi) is 7.21. The van der Waals surface area contributed by atoms with E-state index < -0.39 is 0 Å². The molecule has 0 amide bonds. The van der Waals surface area contributed by atoms with Gasteiger partial charge in [0.1, 0.15) is 6.20 Å². The number of methoxy groups -OCH3 is 1. The zero-order valence-corrected chi connectivity index (χ0v) is 14.6. The monoisotopic (exact) mass is 401 g/mol. The number of halogens is 1. The number of hydrogen-bond donors (Lipinski definition) is 1. The number of nitrogens with one attached hydrogen (secondary N) is 1. The van der Waals surface area contributed by atoms with E-state index >= 15 is 0 Å². The Morgan fingerprint density at radius 3 is 2.62 bits per heavy atom.